The highest BCUT2D eigenvalue weighted by Crippen LogP contribution is 2.29. The molecule has 1 heterocycles. The smallest absolute Gasteiger partial charge is 0.361 e. The zero-order valence-electron chi connectivity index (χ0n) is 22.5. The predicted molar refractivity (Wildman–Crippen MR) is 149 cm³/mol. The maximum atomic E-state index is 13.6. The van der Waals surface area contributed by atoms with E-state index in [1.807, 2.05) is 74.6 Å². The van der Waals surface area contributed by atoms with Crippen LogP contribution in [0.1, 0.15) is 36.1 Å². The lowest BCUT2D eigenvalue weighted by Crippen LogP contribution is -2.49. The van der Waals surface area contributed by atoms with Crippen molar-refractivity contribution in [1.82, 2.24) is 20.1 Å². The van der Waals surface area contributed by atoms with Gasteiger partial charge in [0, 0.05) is 42.8 Å². The van der Waals surface area contributed by atoms with Crippen LogP contribution < -0.4 is 5.32 Å². The lowest BCUT2D eigenvalue weighted by molar-refractivity contribution is -0.137. The third-order valence-corrected chi connectivity index (χ3v) is 6.81. The van der Waals surface area contributed by atoms with Crippen LogP contribution in [0, 0.1) is 0 Å². The number of para-hydroxylation sites is 1. The number of carbonyl (C=O) groups excluding carboxylic acids is 2. The molecule has 0 saturated heterocycles. The number of fused-ring (bicyclic) bond motifs is 1. The second-order valence-electron chi connectivity index (χ2n) is 9.99. The highest BCUT2D eigenvalue weighted by molar-refractivity contribution is 5.85. The number of aromatic amines is 1. The number of aromatic nitrogens is 1. The van der Waals surface area contributed by atoms with Gasteiger partial charge in [-0.1, -0.05) is 60.7 Å². The summed E-state index contributed by atoms with van der Waals surface area (Å²) < 4.78 is 39.2. The second-order valence-corrected chi connectivity index (χ2v) is 9.99. The lowest BCUT2D eigenvalue weighted by Gasteiger charge is -2.30. The third kappa shape index (κ3) is 7.43. The Morgan fingerprint density at radius 3 is 2.25 bits per heavy atom. The largest absolute Gasteiger partial charge is 0.416 e. The second kappa shape index (κ2) is 12.7. The van der Waals surface area contributed by atoms with Gasteiger partial charge in [-0.05, 0) is 55.2 Å². The molecule has 0 fully saturated rings. The molecule has 1 aromatic heterocycles. The highest BCUT2D eigenvalue weighted by Gasteiger charge is 2.30. The zero-order valence-corrected chi connectivity index (χ0v) is 22.5. The van der Waals surface area contributed by atoms with E-state index in [-0.39, 0.29) is 31.1 Å². The SMILES string of the molecule is CC(C)N(CC(=O)N(CCc1c[nH]c2ccccc12)Cc1ccc(C(F)(F)F)cc1)C(=O)NCc1ccccc1. The summed E-state index contributed by atoms with van der Waals surface area (Å²) in [4.78, 5) is 32.9. The first-order valence-corrected chi connectivity index (χ1v) is 13.2. The molecule has 0 aliphatic heterocycles. The topological polar surface area (TPSA) is 68.4 Å². The van der Waals surface area contributed by atoms with Crippen LogP contribution >= 0.6 is 0 Å². The van der Waals surface area contributed by atoms with E-state index in [1.165, 1.54) is 17.0 Å². The van der Waals surface area contributed by atoms with Crippen molar-refractivity contribution in [2.45, 2.75) is 45.6 Å². The predicted octanol–water partition coefficient (Wildman–Crippen LogP) is 6.38. The quantitative estimate of drug-likeness (QED) is 0.241. The van der Waals surface area contributed by atoms with E-state index in [0.29, 0.717) is 25.1 Å². The summed E-state index contributed by atoms with van der Waals surface area (Å²) in [5.74, 6) is -0.289. The molecule has 0 radical (unpaired) electrons. The number of rotatable bonds is 10. The number of hydrogen-bond donors (Lipinski definition) is 2. The average Bonchev–Trinajstić information content (AvgIpc) is 3.35. The van der Waals surface area contributed by atoms with Crippen LogP contribution in [-0.4, -0.2) is 45.9 Å². The van der Waals surface area contributed by atoms with Crippen LogP contribution in [0.3, 0.4) is 0 Å². The van der Waals surface area contributed by atoms with Crippen molar-refractivity contribution in [3.05, 3.63) is 107 Å². The molecule has 40 heavy (non-hydrogen) atoms. The van der Waals surface area contributed by atoms with Gasteiger partial charge in [-0.25, -0.2) is 4.79 Å². The normalized spacial score (nSPS) is 11.6. The molecule has 0 aliphatic rings. The Hall–Kier alpha value is -4.27. The molecule has 210 valence electrons. The molecule has 2 N–H and O–H groups in total. The van der Waals surface area contributed by atoms with Crippen molar-refractivity contribution in [2.75, 3.05) is 13.1 Å². The van der Waals surface area contributed by atoms with Crippen molar-refractivity contribution < 1.29 is 22.8 Å². The third-order valence-electron chi connectivity index (χ3n) is 6.81. The van der Waals surface area contributed by atoms with Crippen molar-refractivity contribution in [1.29, 1.82) is 0 Å². The van der Waals surface area contributed by atoms with Gasteiger partial charge in [0.15, 0.2) is 0 Å². The van der Waals surface area contributed by atoms with E-state index in [9.17, 15) is 22.8 Å². The van der Waals surface area contributed by atoms with Crippen LogP contribution in [0.15, 0.2) is 85.1 Å². The Bertz CT molecular complexity index is 1420. The summed E-state index contributed by atoms with van der Waals surface area (Å²) in [5.41, 5.74) is 2.79. The fourth-order valence-corrected chi connectivity index (χ4v) is 4.52. The Morgan fingerprint density at radius 1 is 0.900 bits per heavy atom. The number of H-pyrrole nitrogens is 1. The fraction of sp³-hybridized carbons (Fsp3) is 0.290. The monoisotopic (exact) mass is 550 g/mol. The molecular weight excluding hydrogens is 517 g/mol. The summed E-state index contributed by atoms with van der Waals surface area (Å²) >= 11 is 0. The molecule has 4 rings (SSSR count). The summed E-state index contributed by atoms with van der Waals surface area (Å²) in [6.07, 6.45) is -1.99. The summed E-state index contributed by atoms with van der Waals surface area (Å²) in [6, 6.07) is 21.5. The number of nitrogens with zero attached hydrogens (tertiary/aromatic N) is 2. The zero-order chi connectivity index (χ0) is 28.7. The van der Waals surface area contributed by atoms with Crippen LogP contribution in [0.4, 0.5) is 18.0 Å². The molecular formula is C31H33F3N4O2. The van der Waals surface area contributed by atoms with Crippen LogP contribution in [0.2, 0.25) is 0 Å². The van der Waals surface area contributed by atoms with Gasteiger partial charge in [0.05, 0.1) is 5.56 Å². The summed E-state index contributed by atoms with van der Waals surface area (Å²) in [6.45, 7) is 4.29. The first-order chi connectivity index (χ1) is 19.1. The molecule has 3 amide bonds. The number of alkyl halides is 3. The van der Waals surface area contributed by atoms with Gasteiger partial charge in [0.25, 0.3) is 0 Å². The van der Waals surface area contributed by atoms with Crippen LogP contribution in [-0.2, 0) is 30.5 Å². The lowest BCUT2D eigenvalue weighted by atomic mass is 10.1. The molecule has 0 spiro atoms. The molecule has 0 saturated carbocycles. The Kier molecular flexibility index (Phi) is 9.14. The van der Waals surface area contributed by atoms with E-state index in [0.717, 1.165) is 34.2 Å². The van der Waals surface area contributed by atoms with E-state index < -0.39 is 11.7 Å². The molecule has 6 nitrogen and oxygen atoms in total. The Labute approximate surface area is 231 Å². The number of urea groups is 1. The van der Waals surface area contributed by atoms with Gasteiger partial charge in [-0.2, -0.15) is 13.2 Å². The maximum absolute atomic E-state index is 13.6. The van der Waals surface area contributed by atoms with Crippen LogP contribution in [0.5, 0.6) is 0 Å². The summed E-state index contributed by atoms with van der Waals surface area (Å²) in [7, 11) is 0. The number of halogens is 3. The van der Waals surface area contributed by atoms with Crippen LogP contribution in [0.25, 0.3) is 10.9 Å². The number of hydrogen-bond acceptors (Lipinski definition) is 2. The highest BCUT2D eigenvalue weighted by atomic mass is 19.4. The number of amides is 3. The van der Waals surface area contributed by atoms with Gasteiger partial charge >= 0.3 is 12.2 Å². The minimum Gasteiger partial charge on any atom is -0.361 e. The van der Waals surface area contributed by atoms with Crippen molar-refractivity contribution >= 4 is 22.8 Å². The first-order valence-electron chi connectivity index (χ1n) is 13.2. The van der Waals surface area contributed by atoms with Gasteiger partial charge in [-0.3, -0.25) is 4.79 Å². The van der Waals surface area contributed by atoms with Gasteiger partial charge in [0.1, 0.15) is 6.54 Å². The molecule has 0 unspecified atom stereocenters. The Balaban J connectivity index is 1.50. The summed E-state index contributed by atoms with van der Waals surface area (Å²) in [5, 5.41) is 3.92. The maximum Gasteiger partial charge on any atom is 0.416 e. The van der Waals surface area contributed by atoms with E-state index in [4.69, 9.17) is 0 Å². The molecule has 0 atom stereocenters. The molecule has 0 aliphatic carbocycles. The van der Waals surface area contributed by atoms with Gasteiger partial charge in [-0.15, -0.1) is 0 Å². The first kappa shape index (κ1) is 28.7. The van der Waals surface area contributed by atoms with Gasteiger partial charge in [0.2, 0.25) is 5.91 Å². The van der Waals surface area contributed by atoms with E-state index >= 15 is 0 Å². The van der Waals surface area contributed by atoms with Crippen molar-refractivity contribution in [3.8, 4) is 0 Å². The minimum absolute atomic E-state index is 0.122. The van der Waals surface area contributed by atoms with E-state index in [2.05, 4.69) is 10.3 Å². The number of benzene rings is 3. The Morgan fingerprint density at radius 2 is 1.57 bits per heavy atom. The fourth-order valence-electron chi connectivity index (χ4n) is 4.52. The van der Waals surface area contributed by atoms with Crippen molar-refractivity contribution in [3.63, 3.8) is 0 Å². The van der Waals surface area contributed by atoms with E-state index in [1.54, 1.807) is 4.90 Å². The minimum atomic E-state index is -4.44. The molecule has 4 aromatic rings. The molecule has 9 heteroatoms. The van der Waals surface area contributed by atoms with Gasteiger partial charge < -0.3 is 20.1 Å². The van der Waals surface area contributed by atoms with Crippen molar-refractivity contribution in [2.24, 2.45) is 0 Å². The standard InChI is InChI=1S/C31H33F3N4O2/c1-22(2)38(30(40)36-18-23-8-4-3-5-9-23)21-29(39)37(20-24-12-14-26(15-13-24)31(32,33)34)17-16-25-19-35-28-11-7-6-10-27(25)28/h3-15,19,22,35H,16-18,20-21H2,1-2H3,(H,36,40). The average molecular weight is 551 g/mol. The molecule has 3 aromatic carbocycles. The number of nitrogens with one attached hydrogen (secondary N) is 2. The number of carbonyl (C=O) groups is 2. The molecule has 0 bridgehead atoms.